The monoisotopic (exact) mass is 382 g/mol. The van der Waals surface area contributed by atoms with Crippen molar-refractivity contribution in [1.29, 1.82) is 0 Å². The van der Waals surface area contributed by atoms with Gasteiger partial charge in [0.2, 0.25) is 0 Å². The number of aryl methyl sites for hydroxylation is 2. The summed E-state index contributed by atoms with van der Waals surface area (Å²) in [6.07, 6.45) is 0. The van der Waals surface area contributed by atoms with Crippen LogP contribution in [0.25, 0.3) is 0 Å². The van der Waals surface area contributed by atoms with Gasteiger partial charge in [-0.05, 0) is 43.7 Å². The van der Waals surface area contributed by atoms with Gasteiger partial charge in [-0.25, -0.2) is 0 Å². The number of hydrogen-bond acceptors (Lipinski definition) is 4. The number of carbonyl (C=O) groups is 2. The Morgan fingerprint density at radius 1 is 0.750 bits per heavy atom. The van der Waals surface area contributed by atoms with Gasteiger partial charge >= 0.3 is 0 Å². The molecule has 0 aliphatic carbocycles. The first-order valence-corrected chi connectivity index (χ1v) is 9.46. The molecule has 0 radical (unpaired) electrons. The summed E-state index contributed by atoms with van der Waals surface area (Å²) in [5.74, 6) is 1.24. The number of hydrogen-bond donors (Lipinski definition) is 0. The molecule has 0 aromatic heterocycles. The molecule has 1 saturated heterocycles. The standard InChI is InChI=1S/C22H26N2O4/c1-17-6-8-19(9-7-17)27-15-21(25)23-10-12-24(13-11-23)22(26)16-28-20-5-3-4-18(2)14-20/h3-9,14H,10-13,15-16H2,1-2H3. The van der Waals surface area contributed by atoms with Crippen LogP contribution in [0.3, 0.4) is 0 Å². The smallest absolute Gasteiger partial charge is 0.260 e. The Hall–Kier alpha value is -3.02. The second-order valence-electron chi connectivity index (χ2n) is 6.97. The summed E-state index contributed by atoms with van der Waals surface area (Å²) in [6, 6.07) is 15.2. The molecule has 1 aliphatic heterocycles. The van der Waals surface area contributed by atoms with Crippen LogP contribution in [0.1, 0.15) is 11.1 Å². The Morgan fingerprint density at radius 3 is 1.82 bits per heavy atom. The normalized spacial score (nSPS) is 13.9. The second-order valence-corrected chi connectivity index (χ2v) is 6.97. The first-order chi connectivity index (χ1) is 13.5. The van der Waals surface area contributed by atoms with Gasteiger partial charge in [0.25, 0.3) is 11.8 Å². The molecule has 1 aliphatic rings. The van der Waals surface area contributed by atoms with Gasteiger partial charge in [0.15, 0.2) is 13.2 Å². The quantitative estimate of drug-likeness (QED) is 0.770. The Balaban J connectivity index is 1.40. The van der Waals surface area contributed by atoms with Gasteiger partial charge in [0, 0.05) is 26.2 Å². The predicted octanol–water partition coefficient (Wildman–Crippen LogP) is 2.43. The lowest BCUT2D eigenvalue weighted by atomic mass is 10.2. The molecule has 1 heterocycles. The number of ether oxygens (including phenoxy) is 2. The highest BCUT2D eigenvalue weighted by atomic mass is 16.5. The fraction of sp³-hybridized carbons (Fsp3) is 0.364. The van der Waals surface area contributed by atoms with E-state index in [1.165, 1.54) is 0 Å². The lowest BCUT2D eigenvalue weighted by Crippen LogP contribution is -2.52. The van der Waals surface area contributed by atoms with E-state index in [0.29, 0.717) is 37.7 Å². The third-order valence-corrected chi connectivity index (χ3v) is 4.72. The molecule has 2 aromatic rings. The first-order valence-electron chi connectivity index (χ1n) is 9.46. The van der Waals surface area contributed by atoms with Gasteiger partial charge in [-0.2, -0.15) is 0 Å². The van der Waals surface area contributed by atoms with Crippen LogP contribution in [0.15, 0.2) is 48.5 Å². The fourth-order valence-electron chi connectivity index (χ4n) is 3.02. The minimum Gasteiger partial charge on any atom is -0.484 e. The summed E-state index contributed by atoms with van der Waals surface area (Å²) < 4.78 is 11.1. The second kappa shape index (κ2) is 9.26. The maximum absolute atomic E-state index is 12.3. The van der Waals surface area contributed by atoms with E-state index in [1.54, 1.807) is 9.80 Å². The molecular weight excluding hydrogens is 356 g/mol. The van der Waals surface area contributed by atoms with Crippen molar-refractivity contribution in [3.8, 4) is 11.5 Å². The van der Waals surface area contributed by atoms with E-state index in [4.69, 9.17) is 9.47 Å². The zero-order chi connectivity index (χ0) is 19.9. The number of amides is 2. The molecule has 0 bridgehead atoms. The average molecular weight is 382 g/mol. The molecule has 2 amide bonds. The predicted molar refractivity (Wildman–Crippen MR) is 107 cm³/mol. The molecule has 3 rings (SSSR count). The van der Waals surface area contributed by atoms with E-state index in [2.05, 4.69) is 0 Å². The molecule has 28 heavy (non-hydrogen) atoms. The molecule has 6 heteroatoms. The molecule has 0 spiro atoms. The minimum atomic E-state index is -0.0660. The summed E-state index contributed by atoms with van der Waals surface area (Å²) in [5, 5.41) is 0. The number of nitrogens with zero attached hydrogens (tertiary/aromatic N) is 2. The fourth-order valence-corrected chi connectivity index (χ4v) is 3.02. The zero-order valence-corrected chi connectivity index (χ0v) is 16.4. The van der Waals surface area contributed by atoms with Crippen molar-refractivity contribution < 1.29 is 19.1 Å². The van der Waals surface area contributed by atoms with E-state index in [9.17, 15) is 9.59 Å². The van der Waals surface area contributed by atoms with Crippen LogP contribution in [0.5, 0.6) is 11.5 Å². The van der Waals surface area contributed by atoms with Crippen LogP contribution in [-0.4, -0.2) is 61.0 Å². The first kappa shape index (κ1) is 19.7. The van der Waals surface area contributed by atoms with E-state index in [1.807, 2.05) is 62.4 Å². The van der Waals surface area contributed by atoms with Crippen LogP contribution in [0, 0.1) is 13.8 Å². The van der Waals surface area contributed by atoms with Gasteiger partial charge in [-0.3, -0.25) is 9.59 Å². The summed E-state index contributed by atoms with van der Waals surface area (Å²) in [6.45, 7) is 6.02. The van der Waals surface area contributed by atoms with Crippen LogP contribution in [-0.2, 0) is 9.59 Å². The van der Waals surface area contributed by atoms with E-state index in [-0.39, 0.29) is 25.0 Å². The Kier molecular flexibility index (Phi) is 6.53. The van der Waals surface area contributed by atoms with Crippen LogP contribution in [0.4, 0.5) is 0 Å². The molecule has 6 nitrogen and oxygen atoms in total. The molecule has 0 N–H and O–H groups in total. The van der Waals surface area contributed by atoms with Crippen molar-refractivity contribution in [2.24, 2.45) is 0 Å². The summed E-state index contributed by atoms with van der Waals surface area (Å²) in [7, 11) is 0. The Bertz CT molecular complexity index is 812. The molecule has 148 valence electrons. The highest BCUT2D eigenvalue weighted by Crippen LogP contribution is 2.14. The minimum absolute atomic E-state index is 0.00742. The maximum atomic E-state index is 12.3. The van der Waals surface area contributed by atoms with Gasteiger partial charge in [-0.1, -0.05) is 29.8 Å². The van der Waals surface area contributed by atoms with E-state index >= 15 is 0 Å². The van der Waals surface area contributed by atoms with Gasteiger partial charge in [-0.15, -0.1) is 0 Å². The lowest BCUT2D eigenvalue weighted by molar-refractivity contribution is -0.141. The van der Waals surface area contributed by atoms with Crippen molar-refractivity contribution in [3.05, 3.63) is 59.7 Å². The third-order valence-electron chi connectivity index (χ3n) is 4.72. The van der Waals surface area contributed by atoms with Crippen LogP contribution < -0.4 is 9.47 Å². The number of carbonyl (C=O) groups excluding carboxylic acids is 2. The lowest BCUT2D eigenvalue weighted by Gasteiger charge is -2.34. The van der Waals surface area contributed by atoms with Crippen LogP contribution >= 0.6 is 0 Å². The SMILES string of the molecule is Cc1ccc(OCC(=O)N2CCN(C(=O)COc3cccc(C)c3)CC2)cc1. The van der Waals surface area contributed by atoms with Gasteiger partial charge in [0.1, 0.15) is 11.5 Å². The number of rotatable bonds is 6. The van der Waals surface area contributed by atoms with Crippen molar-refractivity contribution in [2.45, 2.75) is 13.8 Å². The van der Waals surface area contributed by atoms with Crippen molar-refractivity contribution in [1.82, 2.24) is 9.80 Å². The van der Waals surface area contributed by atoms with E-state index in [0.717, 1.165) is 11.1 Å². The van der Waals surface area contributed by atoms with Crippen LogP contribution in [0.2, 0.25) is 0 Å². The highest BCUT2D eigenvalue weighted by molar-refractivity contribution is 5.80. The molecule has 2 aromatic carbocycles. The van der Waals surface area contributed by atoms with E-state index < -0.39 is 0 Å². The largest absolute Gasteiger partial charge is 0.484 e. The Morgan fingerprint density at radius 2 is 1.29 bits per heavy atom. The zero-order valence-electron chi connectivity index (χ0n) is 16.4. The van der Waals surface area contributed by atoms with Gasteiger partial charge < -0.3 is 19.3 Å². The van der Waals surface area contributed by atoms with Crippen molar-refractivity contribution >= 4 is 11.8 Å². The highest BCUT2D eigenvalue weighted by Gasteiger charge is 2.24. The summed E-state index contributed by atoms with van der Waals surface area (Å²) in [4.78, 5) is 28.1. The summed E-state index contributed by atoms with van der Waals surface area (Å²) in [5.41, 5.74) is 2.23. The molecule has 1 fully saturated rings. The summed E-state index contributed by atoms with van der Waals surface area (Å²) >= 11 is 0. The van der Waals surface area contributed by atoms with Crippen molar-refractivity contribution in [3.63, 3.8) is 0 Å². The Labute approximate surface area is 165 Å². The molecule has 0 saturated carbocycles. The van der Waals surface area contributed by atoms with Gasteiger partial charge in [0.05, 0.1) is 0 Å². The molecule has 0 unspecified atom stereocenters. The number of piperazine rings is 1. The molecular formula is C22H26N2O4. The van der Waals surface area contributed by atoms with Crippen molar-refractivity contribution in [2.75, 3.05) is 39.4 Å². The number of benzene rings is 2. The topological polar surface area (TPSA) is 59.1 Å². The third kappa shape index (κ3) is 5.49. The molecule has 0 atom stereocenters. The maximum Gasteiger partial charge on any atom is 0.260 e. The average Bonchev–Trinajstić information content (AvgIpc) is 2.71.